The molecule has 0 radical (unpaired) electrons. The highest BCUT2D eigenvalue weighted by molar-refractivity contribution is 7.90. The molecule has 9 heteroatoms. The van der Waals surface area contributed by atoms with E-state index in [4.69, 9.17) is 9.40 Å². The minimum Gasteiger partial charge on any atom is -0.450 e. The molecule has 1 aromatic carbocycles. The summed E-state index contributed by atoms with van der Waals surface area (Å²) >= 11 is 0. The lowest BCUT2D eigenvalue weighted by Crippen LogP contribution is -2.12. The first kappa shape index (κ1) is 19.0. The lowest BCUT2D eigenvalue weighted by Gasteiger charge is -2.08. The van der Waals surface area contributed by atoms with Crippen LogP contribution in [0.4, 0.5) is 0 Å². The van der Waals surface area contributed by atoms with E-state index in [1.54, 1.807) is 48.7 Å². The van der Waals surface area contributed by atoms with Gasteiger partial charge in [0.05, 0.1) is 16.6 Å². The minimum atomic E-state index is -3.80. The van der Waals surface area contributed by atoms with Gasteiger partial charge in [-0.25, -0.2) is 22.4 Å². The van der Waals surface area contributed by atoms with E-state index in [0.717, 1.165) is 23.9 Å². The predicted molar refractivity (Wildman–Crippen MR) is 118 cm³/mol. The van der Waals surface area contributed by atoms with Crippen LogP contribution in [0.25, 0.3) is 33.7 Å². The number of aldehydes is 1. The third-order valence-corrected chi connectivity index (χ3v) is 7.46. The van der Waals surface area contributed by atoms with Crippen molar-refractivity contribution in [3.05, 3.63) is 66.2 Å². The number of pyridine rings is 1. The number of aryl methyl sites for hydroxylation is 1. The lowest BCUT2D eigenvalue weighted by atomic mass is 10.2. The normalized spacial score (nSPS) is 14.4. The quantitative estimate of drug-likeness (QED) is 0.372. The minimum absolute atomic E-state index is 0.205. The molecule has 4 aromatic heterocycles. The Bertz CT molecular complexity index is 1620. The van der Waals surface area contributed by atoms with Crippen LogP contribution in [0, 0.1) is 6.92 Å². The zero-order valence-electron chi connectivity index (χ0n) is 17.1. The van der Waals surface area contributed by atoms with Crippen LogP contribution in [0.15, 0.2) is 64.2 Å². The molecule has 4 heterocycles. The van der Waals surface area contributed by atoms with Crippen LogP contribution in [-0.4, -0.2) is 33.2 Å². The molecule has 0 amide bonds. The van der Waals surface area contributed by atoms with Gasteiger partial charge in [0, 0.05) is 17.6 Å². The molecule has 0 bridgehead atoms. The molecule has 1 aliphatic carbocycles. The Morgan fingerprint density at radius 3 is 2.56 bits per heavy atom. The Labute approximate surface area is 183 Å². The number of hydrogen-bond acceptors (Lipinski definition) is 6. The smallest absolute Gasteiger partial charge is 0.269 e. The summed E-state index contributed by atoms with van der Waals surface area (Å²) in [6, 6.07) is 12.1. The van der Waals surface area contributed by atoms with Crippen LogP contribution in [0.3, 0.4) is 0 Å². The van der Waals surface area contributed by atoms with E-state index in [1.807, 2.05) is 6.92 Å². The second-order valence-electron chi connectivity index (χ2n) is 8.02. The van der Waals surface area contributed by atoms with Gasteiger partial charge in [-0.3, -0.25) is 4.79 Å². The number of benzene rings is 1. The molecule has 32 heavy (non-hydrogen) atoms. The van der Waals surface area contributed by atoms with Crippen LogP contribution in [0.2, 0.25) is 0 Å². The van der Waals surface area contributed by atoms with E-state index in [2.05, 4.69) is 9.55 Å². The third-order valence-electron chi connectivity index (χ3n) is 5.78. The standard InChI is InChI=1S/C23H18N4O4S/c1-14-2-7-17(8-3-14)32(29,30)26-11-10-18-21-19(12-24-22(18)26)25-23(27(21)15-4-5-15)20-9-6-16(13-28)31-20/h2-3,6-13,15H,4-5H2,1H3. The monoisotopic (exact) mass is 446 g/mol. The van der Waals surface area contributed by atoms with Crippen molar-refractivity contribution in [3.63, 3.8) is 0 Å². The molecular weight excluding hydrogens is 428 g/mol. The lowest BCUT2D eigenvalue weighted by molar-refractivity contribution is 0.110. The highest BCUT2D eigenvalue weighted by atomic mass is 32.2. The molecule has 0 saturated heterocycles. The van der Waals surface area contributed by atoms with Crippen LogP contribution < -0.4 is 0 Å². The molecule has 0 spiro atoms. The molecule has 0 aliphatic heterocycles. The van der Waals surface area contributed by atoms with Gasteiger partial charge in [0.2, 0.25) is 0 Å². The van der Waals surface area contributed by atoms with E-state index < -0.39 is 10.0 Å². The first-order valence-electron chi connectivity index (χ1n) is 10.2. The van der Waals surface area contributed by atoms with Crippen LogP contribution in [0.5, 0.6) is 0 Å². The van der Waals surface area contributed by atoms with E-state index in [1.165, 1.54) is 10.2 Å². The van der Waals surface area contributed by atoms with Gasteiger partial charge < -0.3 is 8.98 Å². The van der Waals surface area contributed by atoms with Crippen molar-refractivity contribution >= 4 is 38.4 Å². The van der Waals surface area contributed by atoms with E-state index in [-0.39, 0.29) is 16.7 Å². The van der Waals surface area contributed by atoms with Crippen molar-refractivity contribution < 1.29 is 17.6 Å². The highest BCUT2D eigenvalue weighted by Gasteiger charge is 2.31. The first-order valence-corrected chi connectivity index (χ1v) is 11.7. The maximum atomic E-state index is 13.3. The average molecular weight is 446 g/mol. The second-order valence-corrected chi connectivity index (χ2v) is 9.83. The number of hydrogen-bond donors (Lipinski definition) is 0. The maximum Gasteiger partial charge on any atom is 0.269 e. The summed E-state index contributed by atoms with van der Waals surface area (Å²) in [7, 11) is -3.80. The summed E-state index contributed by atoms with van der Waals surface area (Å²) in [4.78, 5) is 20.4. The van der Waals surface area contributed by atoms with Gasteiger partial charge in [0.1, 0.15) is 5.52 Å². The Balaban J connectivity index is 1.59. The molecule has 0 N–H and O–H groups in total. The van der Waals surface area contributed by atoms with Gasteiger partial charge in [-0.1, -0.05) is 17.7 Å². The van der Waals surface area contributed by atoms with Crippen LogP contribution >= 0.6 is 0 Å². The van der Waals surface area contributed by atoms with Gasteiger partial charge in [-0.2, -0.15) is 0 Å². The van der Waals surface area contributed by atoms with Crippen molar-refractivity contribution in [3.8, 4) is 11.6 Å². The van der Waals surface area contributed by atoms with Crippen LogP contribution in [0.1, 0.15) is 35.0 Å². The molecule has 0 unspecified atom stereocenters. The molecule has 1 fully saturated rings. The van der Waals surface area contributed by atoms with Crippen molar-refractivity contribution in [2.75, 3.05) is 0 Å². The number of carbonyl (C=O) groups excluding carboxylic acids is 1. The third kappa shape index (κ3) is 2.74. The molecular formula is C23H18N4O4S. The van der Waals surface area contributed by atoms with E-state index in [0.29, 0.717) is 34.4 Å². The predicted octanol–water partition coefficient (Wildman–Crippen LogP) is 4.34. The highest BCUT2D eigenvalue weighted by Crippen LogP contribution is 2.43. The Morgan fingerprint density at radius 1 is 1.09 bits per heavy atom. The van der Waals surface area contributed by atoms with Gasteiger partial charge in [-0.15, -0.1) is 0 Å². The fourth-order valence-corrected chi connectivity index (χ4v) is 5.37. The number of fused-ring (bicyclic) bond motifs is 3. The largest absolute Gasteiger partial charge is 0.450 e. The molecule has 1 aliphatic rings. The number of carbonyl (C=O) groups is 1. The topological polar surface area (TPSA) is 100.0 Å². The van der Waals surface area contributed by atoms with Crippen LogP contribution in [-0.2, 0) is 10.0 Å². The molecule has 160 valence electrons. The van der Waals surface area contributed by atoms with Crippen molar-refractivity contribution in [2.45, 2.75) is 30.7 Å². The average Bonchev–Trinajstić information content (AvgIpc) is 3.21. The Morgan fingerprint density at radius 2 is 1.88 bits per heavy atom. The van der Waals surface area contributed by atoms with Crippen molar-refractivity contribution in [2.24, 2.45) is 0 Å². The Hall–Kier alpha value is -3.72. The molecule has 0 atom stereocenters. The van der Waals surface area contributed by atoms with Gasteiger partial charge in [0.15, 0.2) is 29.3 Å². The number of rotatable bonds is 5. The maximum absolute atomic E-state index is 13.3. The van der Waals surface area contributed by atoms with E-state index >= 15 is 0 Å². The molecule has 8 nitrogen and oxygen atoms in total. The van der Waals surface area contributed by atoms with E-state index in [9.17, 15) is 13.2 Å². The summed E-state index contributed by atoms with van der Waals surface area (Å²) in [5.41, 5.74) is 2.79. The number of furan rings is 1. The summed E-state index contributed by atoms with van der Waals surface area (Å²) in [5, 5.41) is 0.700. The number of imidazole rings is 1. The van der Waals surface area contributed by atoms with Gasteiger partial charge in [-0.05, 0) is 50.1 Å². The molecule has 1 saturated carbocycles. The van der Waals surface area contributed by atoms with Gasteiger partial charge in [0.25, 0.3) is 10.0 Å². The number of aromatic nitrogens is 4. The fraction of sp³-hybridized carbons (Fsp3) is 0.174. The molecule has 5 aromatic rings. The fourth-order valence-electron chi connectivity index (χ4n) is 4.06. The summed E-state index contributed by atoms with van der Waals surface area (Å²) in [6.45, 7) is 1.91. The second kappa shape index (κ2) is 6.64. The zero-order valence-corrected chi connectivity index (χ0v) is 17.9. The van der Waals surface area contributed by atoms with Crippen molar-refractivity contribution in [1.82, 2.24) is 18.5 Å². The zero-order chi connectivity index (χ0) is 22.0. The Kier molecular flexibility index (Phi) is 3.94. The summed E-state index contributed by atoms with van der Waals surface area (Å²) in [5.74, 6) is 1.34. The summed E-state index contributed by atoms with van der Waals surface area (Å²) < 4.78 is 35.5. The van der Waals surface area contributed by atoms with Gasteiger partial charge >= 0.3 is 0 Å². The molecule has 6 rings (SSSR count). The first-order chi connectivity index (χ1) is 15.5. The SMILES string of the molecule is Cc1ccc(S(=O)(=O)n2ccc3c2ncc2nc(-c4ccc(C=O)o4)n(C4CC4)c23)cc1. The number of nitrogens with zero attached hydrogens (tertiary/aromatic N) is 4. The summed E-state index contributed by atoms with van der Waals surface area (Å²) in [6.07, 6.45) is 5.76. The van der Waals surface area contributed by atoms with Crippen molar-refractivity contribution in [1.29, 1.82) is 0 Å².